The number of carboxylic acid groups (broad SMARTS) is 1. The van der Waals surface area contributed by atoms with Crippen LogP contribution in [0.4, 0.5) is 4.39 Å². The summed E-state index contributed by atoms with van der Waals surface area (Å²) in [6.45, 7) is 1.01. The van der Waals surface area contributed by atoms with Gasteiger partial charge in [0.25, 0.3) is 0 Å². The van der Waals surface area contributed by atoms with Gasteiger partial charge in [0, 0.05) is 17.5 Å². The highest BCUT2D eigenvalue weighted by atomic mass is 32.1. The second kappa shape index (κ2) is 9.00. The Morgan fingerprint density at radius 1 is 1.06 bits per heavy atom. The number of carboxylic acids is 1. The number of pyridine rings is 1. The first-order chi connectivity index (χ1) is 16.0. The zero-order valence-corrected chi connectivity index (χ0v) is 18.9. The van der Waals surface area contributed by atoms with Gasteiger partial charge >= 0.3 is 5.97 Å². The van der Waals surface area contributed by atoms with Crippen molar-refractivity contribution in [3.8, 4) is 10.6 Å². The van der Waals surface area contributed by atoms with Crippen LogP contribution in [0.2, 0.25) is 0 Å². The van der Waals surface area contributed by atoms with Crippen molar-refractivity contribution in [2.45, 2.75) is 31.1 Å². The second-order valence-electron chi connectivity index (χ2n) is 8.45. The van der Waals surface area contributed by atoms with Gasteiger partial charge in [-0.1, -0.05) is 47.7 Å². The Hall–Kier alpha value is -3.16. The number of aliphatic carboxylic acids is 1. The number of aromatic nitrogens is 2. The third-order valence-corrected chi connectivity index (χ3v) is 7.19. The fraction of sp³-hybridized carbons (Fsp3) is 0.269. The van der Waals surface area contributed by atoms with Crippen molar-refractivity contribution >= 4 is 27.7 Å². The van der Waals surface area contributed by atoms with Crippen LogP contribution in [-0.2, 0) is 16.6 Å². The third-order valence-electron chi connectivity index (χ3n) is 6.19. The van der Waals surface area contributed by atoms with Crippen molar-refractivity contribution in [2.24, 2.45) is 0 Å². The molecule has 5 nitrogen and oxygen atoms in total. The van der Waals surface area contributed by atoms with Crippen LogP contribution in [0.25, 0.3) is 20.9 Å². The first-order valence-corrected chi connectivity index (χ1v) is 11.9. The Balaban J connectivity index is 1.34. The average Bonchev–Trinajstić information content (AvgIpc) is 3.52. The van der Waals surface area contributed by atoms with Crippen molar-refractivity contribution < 1.29 is 14.3 Å². The molecular formula is C26H24FN3O2S. The Labute approximate surface area is 195 Å². The number of benzene rings is 2. The lowest BCUT2D eigenvalue weighted by Gasteiger charge is -2.14. The van der Waals surface area contributed by atoms with Gasteiger partial charge in [-0.15, -0.1) is 0 Å². The van der Waals surface area contributed by atoms with Gasteiger partial charge in [0.05, 0.1) is 12.1 Å². The van der Waals surface area contributed by atoms with Gasteiger partial charge in [-0.3, -0.25) is 4.79 Å². The summed E-state index contributed by atoms with van der Waals surface area (Å²) in [5.74, 6) is -1.14. The molecule has 0 unspecified atom stereocenters. The minimum absolute atomic E-state index is 0.00893. The molecule has 0 amide bonds. The van der Waals surface area contributed by atoms with Crippen LogP contribution in [0, 0.1) is 5.82 Å². The van der Waals surface area contributed by atoms with E-state index in [1.54, 1.807) is 6.07 Å². The molecule has 0 bridgehead atoms. The van der Waals surface area contributed by atoms with Crippen molar-refractivity contribution in [2.75, 3.05) is 13.1 Å². The van der Waals surface area contributed by atoms with Gasteiger partial charge in [-0.05, 0) is 61.2 Å². The molecule has 33 heavy (non-hydrogen) atoms. The number of halogens is 1. The fourth-order valence-electron chi connectivity index (χ4n) is 4.21. The standard InChI is InChI=1S/C26H24FN3O2S/c27-20-16-17(10-14-28-15-11-23(31)32)6-7-19(20)24-29-21-8-9-22(30-25(21)33-24)26(12-13-26)18-4-2-1-3-5-18/h1-9,16,28H,10-15H2,(H,31,32). The van der Waals surface area contributed by atoms with Gasteiger partial charge in [0.2, 0.25) is 0 Å². The summed E-state index contributed by atoms with van der Waals surface area (Å²) < 4.78 is 14.9. The van der Waals surface area contributed by atoms with E-state index < -0.39 is 5.97 Å². The molecular weight excluding hydrogens is 437 g/mol. The Kier molecular flexibility index (Phi) is 5.91. The third kappa shape index (κ3) is 4.51. The number of thiazole rings is 1. The molecule has 0 radical (unpaired) electrons. The van der Waals surface area contributed by atoms with Crippen molar-refractivity contribution in [1.82, 2.24) is 15.3 Å². The molecule has 0 saturated heterocycles. The molecule has 7 heteroatoms. The number of hydrogen-bond donors (Lipinski definition) is 2. The summed E-state index contributed by atoms with van der Waals surface area (Å²) in [4.78, 5) is 21.0. The number of rotatable bonds is 9. The normalized spacial score (nSPS) is 14.5. The molecule has 1 saturated carbocycles. The van der Waals surface area contributed by atoms with Crippen LogP contribution in [-0.4, -0.2) is 34.1 Å². The maximum atomic E-state index is 14.9. The number of hydrogen-bond acceptors (Lipinski definition) is 5. The zero-order valence-electron chi connectivity index (χ0n) is 18.1. The highest BCUT2D eigenvalue weighted by molar-refractivity contribution is 7.21. The number of fused-ring (bicyclic) bond motifs is 1. The monoisotopic (exact) mass is 461 g/mol. The molecule has 0 aliphatic heterocycles. The van der Waals surface area contributed by atoms with Crippen molar-refractivity contribution in [3.63, 3.8) is 0 Å². The van der Waals surface area contributed by atoms with Crippen molar-refractivity contribution in [1.29, 1.82) is 0 Å². The molecule has 4 aromatic rings. The quantitative estimate of drug-likeness (QED) is 0.336. The van der Waals surface area contributed by atoms with Crippen LogP contribution < -0.4 is 5.32 Å². The SMILES string of the molecule is O=C(O)CCNCCc1ccc(-c2nc3ccc(C4(c5ccccc5)CC4)nc3s2)c(F)c1. The molecule has 1 fully saturated rings. The van der Waals surface area contributed by atoms with E-state index in [0.29, 0.717) is 30.1 Å². The highest BCUT2D eigenvalue weighted by Gasteiger charge is 2.47. The predicted molar refractivity (Wildman–Crippen MR) is 128 cm³/mol. The molecule has 2 heterocycles. The lowest BCUT2D eigenvalue weighted by molar-refractivity contribution is -0.136. The van der Waals surface area contributed by atoms with Crippen LogP contribution >= 0.6 is 11.3 Å². The molecule has 2 aromatic carbocycles. The van der Waals surface area contributed by atoms with Crippen LogP contribution in [0.5, 0.6) is 0 Å². The minimum atomic E-state index is -0.831. The number of nitrogens with one attached hydrogen (secondary N) is 1. The van der Waals surface area contributed by atoms with Crippen LogP contribution in [0.1, 0.15) is 36.1 Å². The fourth-order valence-corrected chi connectivity index (χ4v) is 5.18. The zero-order chi connectivity index (χ0) is 22.8. The van der Waals surface area contributed by atoms with E-state index in [2.05, 4.69) is 40.6 Å². The summed E-state index contributed by atoms with van der Waals surface area (Å²) in [5, 5.41) is 12.4. The molecule has 1 aliphatic rings. The average molecular weight is 462 g/mol. The number of nitrogens with zero attached hydrogens (tertiary/aromatic N) is 2. The lowest BCUT2D eigenvalue weighted by Crippen LogP contribution is -2.20. The molecule has 2 aromatic heterocycles. The maximum absolute atomic E-state index is 14.9. The molecule has 0 atom stereocenters. The van der Waals surface area contributed by atoms with E-state index >= 15 is 0 Å². The van der Waals surface area contributed by atoms with E-state index in [4.69, 9.17) is 10.1 Å². The molecule has 1 aliphatic carbocycles. The summed E-state index contributed by atoms with van der Waals surface area (Å²) in [6, 6.07) is 19.7. The largest absolute Gasteiger partial charge is 0.481 e. The van der Waals surface area contributed by atoms with Gasteiger partial charge < -0.3 is 10.4 Å². The van der Waals surface area contributed by atoms with E-state index in [-0.39, 0.29) is 17.7 Å². The lowest BCUT2D eigenvalue weighted by atomic mass is 9.92. The Bertz CT molecular complexity index is 1300. The molecule has 5 rings (SSSR count). The van der Waals surface area contributed by atoms with Gasteiger partial charge in [-0.2, -0.15) is 0 Å². The van der Waals surface area contributed by atoms with E-state index in [1.165, 1.54) is 23.0 Å². The first kappa shape index (κ1) is 21.7. The van der Waals surface area contributed by atoms with Gasteiger partial charge in [0.15, 0.2) is 0 Å². The Morgan fingerprint density at radius 3 is 2.61 bits per heavy atom. The van der Waals surface area contributed by atoms with E-state index in [1.807, 2.05) is 18.2 Å². The van der Waals surface area contributed by atoms with Crippen LogP contribution in [0.3, 0.4) is 0 Å². The molecule has 2 N–H and O–H groups in total. The highest BCUT2D eigenvalue weighted by Crippen LogP contribution is 2.53. The minimum Gasteiger partial charge on any atom is -0.481 e. The first-order valence-electron chi connectivity index (χ1n) is 11.1. The summed E-state index contributed by atoms with van der Waals surface area (Å²) in [5.41, 5.74) is 4.47. The summed E-state index contributed by atoms with van der Waals surface area (Å²) in [6.07, 6.45) is 2.88. The van der Waals surface area contributed by atoms with E-state index in [0.717, 1.165) is 34.4 Å². The van der Waals surface area contributed by atoms with E-state index in [9.17, 15) is 9.18 Å². The predicted octanol–water partition coefficient (Wildman–Crippen LogP) is 5.18. The second-order valence-corrected chi connectivity index (χ2v) is 9.42. The number of carbonyl (C=O) groups is 1. The van der Waals surface area contributed by atoms with Crippen molar-refractivity contribution in [3.05, 3.63) is 83.3 Å². The van der Waals surface area contributed by atoms with Gasteiger partial charge in [0.1, 0.15) is 21.2 Å². The molecule has 0 spiro atoms. The maximum Gasteiger partial charge on any atom is 0.304 e. The summed E-state index contributed by atoms with van der Waals surface area (Å²) >= 11 is 1.42. The summed E-state index contributed by atoms with van der Waals surface area (Å²) in [7, 11) is 0. The van der Waals surface area contributed by atoms with Gasteiger partial charge in [-0.25, -0.2) is 14.4 Å². The molecule has 168 valence electrons. The smallest absolute Gasteiger partial charge is 0.304 e. The Morgan fingerprint density at radius 2 is 1.88 bits per heavy atom. The topological polar surface area (TPSA) is 75.1 Å². The van der Waals surface area contributed by atoms with Crippen LogP contribution in [0.15, 0.2) is 60.7 Å².